The van der Waals surface area contributed by atoms with Crippen LogP contribution in [-0.4, -0.2) is 39.2 Å². The molecule has 0 aromatic heterocycles. The van der Waals surface area contributed by atoms with E-state index in [1.165, 1.54) is 12.1 Å². The fourth-order valence-corrected chi connectivity index (χ4v) is 7.33. The number of amides is 1. The minimum absolute atomic E-state index is 0.00371. The molecule has 2 saturated heterocycles. The lowest BCUT2D eigenvalue weighted by Gasteiger charge is -2.36. The van der Waals surface area contributed by atoms with Gasteiger partial charge in [-0.15, -0.1) is 11.8 Å². The lowest BCUT2D eigenvalue weighted by molar-refractivity contribution is -0.384. The van der Waals surface area contributed by atoms with E-state index in [9.17, 15) is 19.7 Å². The summed E-state index contributed by atoms with van der Waals surface area (Å²) in [5.41, 5.74) is 1.83. The fourth-order valence-electron chi connectivity index (χ4n) is 6.01. The van der Waals surface area contributed by atoms with E-state index in [0.29, 0.717) is 11.4 Å². The first-order chi connectivity index (χ1) is 16.5. The van der Waals surface area contributed by atoms with E-state index in [1.54, 1.807) is 36.0 Å². The van der Waals surface area contributed by atoms with Crippen molar-refractivity contribution in [2.75, 3.05) is 16.9 Å². The molecule has 6 rings (SSSR count). The quantitative estimate of drug-likeness (QED) is 0.344. The molecule has 3 aliphatic rings. The Morgan fingerprint density at radius 2 is 1.74 bits per heavy atom. The average Bonchev–Trinajstić information content (AvgIpc) is 3.52. The minimum atomic E-state index is -1.13. The maximum absolute atomic E-state index is 14.2. The first-order valence-electron chi connectivity index (χ1n) is 11.1. The van der Waals surface area contributed by atoms with Crippen molar-refractivity contribution in [2.45, 2.75) is 17.5 Å². The Bertz CT molecular complexity index is 1310. The van der Waals surface area contributed by atoms with Gasteiger partial charge in [0, 0.05) is 52.5 Å². The number of nitro benzene ring substituents is 1. The van der Waals surface area contributed by atoms with Gasteiger partial charge < -0.3 is 5.32 Å². The molecule has 3 heterocycles. The van der Waals surface area contributed by atoms with Crippen LogP contribution in [0.4, 0.5) is 11.4 Å². The predicted octanol–water partition coefficient (Wildman–Crippen LogP) is 4.41. The van der Waals surface area contributed by atoms with Crippen molar-refractivity contribution in [1.82, 2.24) is 4.90 Å². The third-order valence-corrected chi connectivity index (χ3v) is 8.40. The molecule has 3 aliphatic heterocycles. The number of ketones is 1. The Morgan fingerprint density at radius 1 is 1.03 bits per heavy atom. The molecule has 0 bridgehead atoms. The number of carbonyl (C=O) groups excluding carboxylic acids is 2. The number of nitrogens with zero attached hydrogens (tertiary/aromatic N) is 2. The predicted molar refractivity (Wildman–Crippen MR) is 130 cm³/mol. The van der Waals surface area contributed by atoms with E-state index in [2.05, 4.69) is 10.2 Å². The second-order valence-corrected chi connectivity index (χ2v) is 9.89. The number of rotatable bonds is 4. The number of hydrogen-bond donors (Lipinski definition) is 1. The van der Waals surface area contributed by atoms with Crippen molar-refractivity contribution in [1.29, 1.82) is 0 Å². The summed E-state index contributed by atoms with van der Waals surface area (Å²) in [7, 11) is 0. The van der Waals surface area contributed by atoms with Crippen LogP contribution in [0.5, 0.6) is 0 Å². The number of hydrogen-bond acceptors (Lipinski definition) is 6. The number of anilines is 1. The molecule has 8 heteroatoms. The largest absolute Gasteiger partial charge is 0.324 e. The molecule has 1 amide bonds. The molecular weight excluding hydrogens is 450 g/mol. The Morgan fingerprint density at radius 3 is 2.47 bits per heavy atom. The molecule has 1 N–H and O–H groups in total. The van der Waals surface area contributed by atoms with Crippen LogP contribution in [0.3, 0.4) is 0 Å². The number of benzene rings is 3. The molecule has 170 valence electrons. The topological polar surface area (TPSA) is 92.5 Å². The summed E-state index contributed by atoms with van der Waals surface area (Å²) in [6.07, 6.45) is 0. The molecule has 0 saturated carbocycles. The summed E-state index contributed by atoms with van der Waals surface area (Å²) in [6, 6.07) is 23.1. The van der Waals surface area contributed by atoms with Crippen LogP contribution in [0, 0.1) is 16.0 Å². The molecule has 3 unspecified atom stereocenters. The van der Waals surface area contributed by atoms with E-state index in [4.69, 9.17) is 0 Å². The molecular formula is C26H21N3O4S. The third-order valence-electron chi connectivity index (χ3n) is 7.36. The molecule has 0 aliphatic carbocycles. The van der Waals surface area contributed by atoms with E-state index in [-0.39, 0.29) is 29.3 Å². The molecule has 7 nitrogen and oxygen atoms in total. The van der Waals surface area contributed by atoms with Crippen molar-refractivity contribution >= 4 is 34.8 Å². The van der Waals surface area contributed by atoms with E-state index in [1.807, 2.05) is 42.5 Å². The first kappa shape index (κ1) is 21.1. The zero-order valence-corrected chi connectivity index (χ0v) is 18.9. The average molecular weight is 472 g/mol. The van der Waals surface area contributed by atoms with Crippen LogP contribution in [0.1, 0.15) is 27.4 Å². The van der Waals surface area contributed by atoms with Crippen LogP contribution in [0.15, 0.2) is 78.9 Å². The number of para-hydroxylation sites is 1. The number of Topliss-reactive ketones (excluding diaryl/α,β-unsaturated/α-hetero) is 1. The lowest BCUT2D eigenvalue weighted by Crippen LogP contribution is -2.52. The number of thioether (sulfide) groups is 1. The summed E-state index contributed by atoms with van der Waals surface area (Å²) < 4.78 is 0. The number of nitro groups is 1. The molecule has 4 atom stereocenters. The SMILES string of the molecule is O=C(c1ccccc1)C1C(c2ccc([N+](=O)[O-])cc2)C2CSCN2[C@@]12C(=O)Nc1ccccc12. The second-order valence-electron chi connectivity index (χ2n) is 8.89. The second kappa shape index (κ2) is 7.78. The Balaban J connectivity index is 1.59. The molecule has 1 spiro atoms. The van der Waals surface area contributed by atoms with E-state index in [0.717, 1.165) is 22.6 Å². The summed E-state index contributed by atoms with van der Waals surface area (Å²) in [5, 5.41) is 14.3. The summed E-state index contributed by atoms with van der Waals surface area (Å²) in [4.78, 5) is 41.1. The van der Waals surface area contributed by atoms with Gasteiger partial charge in [0.05, 0.1) is 10.8 Å². The van der Waals surface area contributed by atoms with E-state index >= 15 is 0 Å². The van der Waals surface area contributed by atoms with Crippen LogP contribution >= 0.6 is 11.8 Å². The smallest absolute Gasteiger partial charge is 0.269 e. The van der Waals surface area contributed by atoms with Gasteiger partial charge in [0.2, 0.25) is 5.91 Å². The van der Waals surface area contributed by atoms with Crippen LogP contribution in [-0.2, 0) is 10.3 Å². The normalized spacial score (nSPS) is 27.4. The van der Waals surface area contributed by atoms with Gasteiger partial charge in [-0.05, 0) is 11.6 Å². The molecule has 3 aromatic rings. The molecule has 3 aromatic carbocycles. The van der Waals surface area contributed by atoms with Crippen molar-refractivity contribution in [3.8, 4) is 0 Å². The van der Waals surface area contributed by atoms with Crippen LogP contribution in [0.2, 0.25) is 0 Å². The van der Waals surface area contributed by atoms with Gasteiger partial charge in [-0.2, -0.15) is 0 Å². The van der Waals surface area contributed by atoms with Gasteiger partial charge >= 0.3 is 0 Å². The molecule has 2 fully saturated rings. The van der Waals surface area contributed by atoms with E-state index < -0.39 is 16.4 Å². The van der Waals surface area contributed by atoms with Crippen molar-refractivity contribution in [3.05, 3.63) is 106 Å². The highest BCUT2D eigenvalue weighted by atomic mass is 32.2. The minimum Gasteiger partial charge on any atom is -0.324 e. The number of carbonyl (C=O) groups is 2. The zero-order valence-electron chi connectivity index (χ0n) is 18.1. The highest BCUT2D eigenvalue weighted by Crippen LogP contribution is 2.61. The van der Waals surface area contributed by atoms with Crippen LogP contribution < -0.4 is 5.32 Å². The van der Waals surface area contributed by atoms with Gasteiger partial charge in [0.25, 0.3) is 5.69 Å². The van der Waals surface area contributed by atoms with Gasteiger partial charge in [-0.1, -0.05) is 60.7 Å². The first-order valence-corrected chi connectivity index (χ1v) is 12.3. The highest BCUT2D eigenvalue weighted by molar-refractivity contribution is 7.99. The summed E-state index contributed by atoms with van der Waals surface area (Å²) in [6.45, 7) is 0. The maximum Gasteiger partial charge on any atom is 0.269 e. The fraction of sp³-hybridized carbons (Fsp3) is 0.231. The monoisotopic (exact) mass is 471 g/mol. The standard InChI is InChI=1S/C26H21N3O4S/c30-24(17-6-2-1-3-7-17)23-22(16-10-12-18(13-11-16)29(32)33)21-14-34-15-28(21)26(23)19-8-4-5-9-20(19)27-25(26)31/h1-13,21-23H,14-15H2,(H,27,31)/t21?,22?,23?,26-/m1/s1. The number of non-ortho nitro benzene ring substituents is 1. The lowest BCUT2D eigenvalue weighted by atomic mass is 9.69. The highest BCUT2D eigenvalue weighted by Gasteiger charge is 2.69. The molecule has 0 radical (unpaired) electrons. The van der Waals surface area contributed by atoms with Crippen molar-refractivity contribution < 1.29 is 14.5 Å². The van der Waals surface area contributed by atoms with Crippen LogP contribution in [0.25, 0.3) is 0 Å². The van der Waals surface area contributed by atoms with Gasteiger partial charge in [-0.25, -0.2) is 0 Å². The van der Waals surface area contributed by atoms with Gasteiger partial charge in [-0.3, -0.25) is 24.6 Å². The summed E-state index contributed by atoms with van der Waals surface area (Å²) >= 11 is 1.75. The van der Waals surface area contributed by atoms with Crippen molar-refractivity contribution in [3.63, 3.8) is 0 Å². The third kappa shape index (κ3) is 2.82. The van der Waals surface area contributed by atoms with Crippen molar-refractivity contribution in [2.24, 2.45) is 5.92 Å². The van der Waals surface area contributed by atoms with Gasteiger partial charge in [0.15, 0.2) is 5.78 Å². The zero-order chi connectivity index (χ0) is 23.4. The Hall–Kier alpha value is -3.49. The summed E-state index contributed by atoms with van der Waals surface area (Å²) in [5.74, 6) is 0.174. The Labute approximate surface area is 200 Å². The Kier molecular flexibility index (Phi) is 4.82. The number of fused-ring (bicyclic) bond motifs is 4. The number of nitrogens with one attached hydrogen (secondary N) is 1. The van der Waals surface area contributed by atoms with Gasteiger partial charge in [0.1, 0.15) is 5.54 Å². The molecule has 34 heavy (non-hydrogen) atoms. The maximum atomic E-state index is 14.2.